The molecular formula is C16H22O4. The number of benzene rings is 1. The Morgan fingerprint density at radius 1 is 1.10 bits per heavy atom. The molecule has 0 N–H and O–H groups in total. The summed E-state index contributed by atoms with van der Waals surface area (Å²) in [5.74, 6) is -0.832. The predicted octanol–water partition coefficient (Wildman–Crippen LogP) is 3.60. The molecule has 0 fully saturated rings. The van der Waals surface area contributed by atoms with Crippen LogP contribution in [0.15, 0.2) is 24.3 Å². The van der Waals surface area contributed by atoms with Crippen LogP contribution in [0.2, 0.25) is 0 Å². The fourth-order valence-corrected chi connectivity index (χ4v) is 1.66. The number of unbranched alkanes of at least 4 members (excludes halogenated alkanes) is 2. The zero-order valence-electron chi connectivity index (χ0n) is 12.3. The van der Waals surface area contributed by atoms with Crippen molar-refractivity contribution in [3.8, 4) is 0 Å². The number of ether oxygens (including phenoxy) is 2. The van der Waals surface area contributed by atoms with Gasteiger partial charge in [0.15, 0.2) is 0 Å². The van der Waals surface area contributed by atoms with Crippen molar-refractivity contribution in [3.05, 3.63) is 35.4 Å². The van der Waals surface area contributed by atoms with Crippen LogP contribution in [0.25, 0.3) is 0 Å². The van der Waals surface area contributed by atoms with Gasteiger partial charge in [0.1, 0.15) is 0 Å². The number of carbonyl (C=O) groups is 2. The molecule has 0 heterocycles. The minimum absolute atomic E-state index is 0.188. The van der Waals surface area contributed by atoms with E-state index in [0.717, 1.165) is 19.3 Å². The van der Waals surface area contributed by atoms with Crippen molar-refractivity contribution < 1.29 is 19.1 Å². The first kappa shape index (κ1) is 16.2. The molecule has 4 nitrogen and oxygen atoms in total. The predicted molar refractivity (Wildman–Crippen MR) is 76.8 cm³/mol. The zero-order valence-corrected chi connectivity index (χ0v) is 12.3. The summed E-state index contributed by atoms with van der Waals surface area (Å²) in [6.45, 7) is 6.06. The summed E-state index contributed by atoms with van der Waals surface area (Å²) < 4.78 is 10.2. The number of rotatable bonds is 7. The van der Waals surface area contributed by atoms with Crippen LogP contribution >= 0.6 is 0 Å². The maximum absolute atomic E-state index is 11.8. The molecule has 0 saturated heterocycles. The van der Waals surface area contributed by atoms with Crippen molar-refractivity contribution in [1.82, 2.24) is 0 Å². The molecule has 0 aliphatic rings. The van der Waals surface area contributed by atoms with Gasteiger partial charge in [-0.15, -0.1) is 0 Å². The van der Waals surface area contributed by atoms with Crippen LogP contribution in [-0.4, -0.2) is 24.6 Å². The Bertz CT molecular complexity index is 452. The maximum atomic E-state index is 11.8. The molecule has 20 heavy (non-hydrogen) atoms. The van der Waals surface area contributed by atoms with Gasteiger partial charge in [0.05, 0.1) is 23.8 Å². The molecule has 1 aromatic rings. The molecule has 0 radical (unpaired) electrons. The molecule has 110 valence electrons. The van der Waals surface area contributed by atoms with Crippen molar-refractivity contribution in [1.29, 1.82) is 0 Å². The molecule has 0 aliphatic carbocycles. The van der Waals surface area contributed by atoms with Gasteiger partial charge in [0.2, 0.25) is 0 Å². The molecule has 0 bridgehead atoms. The van der Waals surface area contributed by atoms with Crippen LogP contribution in [0.3, 0.4) is 0 Å². The van der Waals surface area contributed by atoms with Gasteiger partial charge >= 0.3 is 11.9 Å². The Balaban J connectivity index is 2.62. The quantitative estimate of drug-likeness (QED) is 0.565. The smallest absolute Gasteiger partial charge is 0.338 e. The highest BCUT2D eigenvalue weighted by Gasteiger charge is 2.13. The molecule has 0 amide bonds. The molecule has 0 spiro atoms. The van der Waals surface area contributed by atoms with Crippen molar-refractivity contribution in [2.24, 2.45) is 0 Å². The zero-order chi connectivity index (χ0) is 15.0. The third kappa shape index (κ3) is 5.43. The molecular weight excluding hydrogens is 256 g/mol. The van der Waals surface area contributed by atoms with Gasteiger partial charge in [-0.25, -0.2) is 9.59 Å². The standard InChI is InChI=1S/C16H22O4/c1-4-5-6-10-19-15(17)13-8-7-9-14(11-13)16(18)20-12(2)3/h7-9,11-12H,4-6,10H2,1-3H3. The first-order chi connectivity index (χ1) is 9.54. The molecule has 0 saturated carbocycles. The van der Waals surface area contributed by atoms with E-state index in [9.17, 15) is 9.59 Å². The van der Waals surface area contributed by atoms with Crippen molar-refractivity contribution in [3.63, 3.8) is 0 Å². The lowest BCUT2D eigenvalue weighted by atomic mass is 10.1. The number of esters is 2. The Kier molecular flexibility index (Phi) is 6.77. The van der Waals surface area contributed by atoms with Crippen molar-refractivity contribution >= 4 is 11.9 Å². The maximum Gasteiger partial charge on any atom is 0.338 e. The highest BCUT2D eigenvalue weighted by molar-refractivity contribution is 5.95. The fraction of sp³-hybridized carbons (Fsp3) is 0.500. The lowest BCUT2D eigenvalue weighted by Crippen LogP contribution is -2.13. The van der Waals surface area contributed by atoms with E-state index in [1.165, 1.54) is 6.07 Å². The van der Waals surface area contributed by atoms with E-state index in [0.29, 0.717) is 17.7 Å². The van der Waals surface area contributed by atoms with Crippen molar-refractivity contribution in [2.45, 2.75) is 46.1 Å². The van der Waals surface area contributed by atoms with Crippen LogP contribution in [0, 0.1) is 0 Å². The van der Waals surface area contributed by atoms with Crippen LogP contribution in [0.1, 0.15) is 60.7 Å². The Morgan fingerprint density at radius 2 is 1.75 bits per heavy atom. The van der Waals surface area contributed by atoms with Gasteiger partial charge in [-0.2, -0.15) is 0 Å². The van der Waals surface area contributed by atoms with Crippen LogP contribution in [0.4, 0.5) is 0 Å². The molecule has 1 aromatic carbocycles. The monoisotopic (exact) mass is 278 g/mol. The van der Waals surface area contributed by atoms with E-state index in [1.807, 2.05) is 0 Å². The summed E-state index contributed by atoms with van der Waals surface area (Å²) in [7, 11) is 0. The van der Waals surface area contributed by atoms with E-state index >= 15 is 0 Å². The van der Waals surface area contributed by atoms with Gasteiger partial charge in [-0.05, 0) is 38.5 Å². The number of hydrogen-bond donors (Lipinski definition) is 0. The lowest BCUT2D eigenvalue weighted by Gasteiger charge is -2.09. The summed E-state index contributed by atoms with van der Waals surface area (Å²) in [6.07, 6.45) is 2.78. The second-order valence-electron chi connectivity index (χ2n) is 4.88. The van der Waals surface area contributed by atoms with E-state index in [4.69, 9.17) is 9.47 Å². The van der Waals surface area contributed by atoms with Gasteiger partial charge < -0.3 is 9.47 Å². The SMILES string of the molecule is CCCCCOC(=O)c1cccc(C(=O)OC(C)C)c1. The highest BCUT2D eigenvalue weighted by atomic mass is 16.5. The van der Waals surface area contributed by atoms with E-state index in [2.05, 4.69) is 6.92 Å². The second-order valence-corrected chi connectivity index (χ2v) is 4.88. The number of carbonyl (C=O) groups excluding carboxylic acids is 2. The Morgan fingerprint density at radius 3 is 2.35 bits per heavy atom. The molecule has 0 aromatic heterocycles. The van der Waals surface area contributed by atoms with Crippen LogP contribution < -0.4 is 0 Å². The normalized spacial score (nSPS) is 10.4. The molecule has 4 heteroatoms. The van der Waals surface area contributed by atoms with Crippen LogP contribution in [-0.2, 0) is 9.47 Å². The first-order valence-corrected chi connectivity index (χ1v) is 7.02. The number of hydrogen-bond acceptors (Lipinski definition) is 4. The molecule has 0 atom stereocenters. The second kappa shape index (κ2) is 8.35. The summed E-state index contributed by atoms with van der Waals surface area (Å²) in [5.41, 5.74) is 0.737. The van der Waals surface area contributed by atoms with Gasteiger partial charge in [-0.1, -0.05) is 25.8 Å². The Labute approximate surface area is 120 Å². The largest absolute Gasteiger partial charge is 0.462 e. The van der Waals surface area contributed by atoms with E-state index in [1.54, 1.807) is 32.0 Å². The Hall–Kier alpha value is -1.84. The average molecular weight is 278 g/mol. The lowest BCUT2D eigenvalue weighted by molar-refractivity contribution is 0.0378. The molecule has 0 unspecified atom stereocenters. The fourth-order valence-electron chi connectivity index (χ4n) is 1.66. The van der Waals surface area contributed by atoms with Gasteiger partial charge in [-0.3, -0.25) is 0 Å². The van der Waals surface area contributed by atoms with Gasteiger partial charge in [0.25, 0.3) is 0 Å². The minimum atomic E-state index is -0.430. The molecule has 0 aliphatic heterocycles. The third-order valence-electron chi connectivity index (χ3n) is 2.66. The van der Waals surface area contributed by atoms with Gasteiger partial charge in [0, 0.05) is 0 Å². The van der Waals surface area contributed by atoms with Crippen molar-refractivity contribution in [2.75, 3.05) is 6.61 Å². The summed E-state index contributed by atoms with van der Waals surface area (Å²) in [5, 5.41) is 0. The van der Waals surface area contributed by atoms with Crippen LogP contribution in [0.5, 0.6) is 0 Å². The minimum Gasteiger partial charge on any atom is -0.462 e. The summed E-state index contributed by atoms with van der Waals surface area (Å²) in [4.78, 5) is 23.6. The third-order valence-corrected chi connectivity index (χ3v) is 2.66. The highest BCUT2D eigenvalue weighted by Crippen LogP contribution is 2.10. The summed E-state index contributed by atoms with van der Waals surface area (Å²) in [6, 6.07) is 6.42. The topological polar surface area (TPSA) is 52.6 Å². The van der Waals surface area contributed by atoms with E-state index in [-0.39, 0.29) is 6.10 Å². The first-order valence-electron chi connectivity index (χ1n) is 7.02. The average Bonchev–Trinajstić information content (AvgIpc) is 2.43. The molecule has 1 rings (SSSR count). The summed E-state index contributed by atoms with van der Waals surface area (Å²) >= 11 is 0. The van der Waals surface area contributed by atoms with E-state index < -0.39 is 11.9 Å².